The number of nitrogens with one attached hydrogen (secondary N) is 2. The Morgan fingerprint density at radius 1 is 1.14 bits per heavy atom. The molecule has 8 nitrogen and oxygen atoms in total. The first kappa shape index (κ1) is 18.9. The van der Waals surface area contributed by atoms with Crippen LogP contribution in [0.2, 0.25) is 0 Å². The zero-order chi connectivity index (χ0) is 20.4. The molecule has 0 bridgehead atoms. The van der Waals surface area contributed by atoms with E-state index >= 15 is 0 Å². The van der Waals surface area contributed by atoms with Gasteiger partial charge in [-0.1, -0.05) is 43.5 Å². The van der Waals surface area contributed by atoms with E-state index in [1.54, 1.807) is 12.1 Å². The van der Waals surface area contributed by atoms with Crippen molar-refractivity contribution in [2.24, 2.45) is 5.92 Å². The van der Waals surface area contributed by atoms with Crippen molar-refractivity contribution in [1.82, 2.24) is 19.5 Å². The molecule has 0 atom stereocenters. The number of aromatic nitrogens is 4. The maximum Gasteiger partial charge on any atom is 0.328 e. The highest BCUT2D eigenvalue weighted by Gasteiger charge is 2.21. The molecule has 1 aliphatic rings. The molecular formula is C21H22N4O4. The predicted octanol–water partition coefficient (Wildman–Crippen LogP) is 2.76. The van der Waals surface area contributed by atoms with Gasteiger partial charge in [-0.15, -0.1) is 0 Å². The summed E-state index contributed by atoms with van der Waals surface area (Å²) in [6.07, 6.45) is 8.45. The van der Waals surface area contributed by atoms with Crippen LogP contribution in [0.5, 0.6) is 0 Å². The Bertz CT molecular complexity index is 1180. The summed E-state index contributed by atoms with van der Waals surface area (Å²) in [7, 11) is 0. The standard InChI is InChI=1S/C21H22N4O4/c26-16(27)11-8-13-6-9-15(10-7-13)18-22-17-19(23-21(29)24-20(17)28)25(18)12-14-4-2-1-3-5-14/h6-11,14H,1-5,12H2,(H,26,27)(H2,23,24,28,29)/b11-8+. The number of aromatic amines is 2. The van der Waals surface area contributed by atoms with E-state index < -0.39 is 17.2 Å². The van der Waals surface area contributed by atoms with Crippen LogP contribution in [-0.2, 0) is 11.3 Å². The van der Waals surface area contributed by atoms with Gasteiger partial charge in [-0.3, -0.25) is 14.8 Å². The molecule has 4 rings (SSSR count). The molecule has 0 spiro atoms. The molecule has 29 heavy (non-hydrogen) atoms. The van der Waals surface area contributed by atoms with Gasteiger partial charge in [-0.05, 0) is 30.4 Å². The van der Waals surface area contributed by atoms with Crippen LogP contribution < -0.4 is 11.2 Å². The van der Waals surface area contributed by atoms with Crippen LogP contribution in [0, 0.1) is 5.92 Å². The van der Waals surface area contributed by atoms with Crippen LogP contribution in [-0.4, -0.2) is 30.6 Å². The number of carboxylic acids is 1. The largest absolute Gasteiger partial charge is 0.478 e. The number of benzene rings is 1. The first-order chi connectivity index (χ1) is 14.0. The minimum atomic E-state index is -1.01. The summed E-state index contributed by atoms with van der Waals surface area (Å²) in [6.45, 7) is 0.686. The average molecular weight is 394 g/mol. The number of imidazole rings is 1. The number of carboxylic acid groups (broad SMARTS) is 1. The summed E-state index contributed by atoms with van der Waals surface area (Å²) >= 11 is 0. The lowest BCUT2D eigenvalue weighted by molar-refractivity contribution is -0.131. The lowest BCUT2D eigenvalue weighted by Crippen LogP contribution is -2.23. The molecular weight excluding hydrogens is 372 g/mol. The van der Waals surface area contributed by atoms with Crippen LogP contribution in [0.1, 0.15) is 37.7 Å². The maximum atomic E-state index is 12.3. The number of rotatable bonds is 5. The van der Waals surface area contributed by atoms with Crippen LogP contribution >= 0.6 is 0 Å². The summed E-state index contributed by atoms with van der Waals surface area (Å²) < 4.78 is 1.93. The number of hydrogen-bond acceptors (Lipinski definition) is 4. The third kappa shape index (κ3) is 4.06. The zero-order valence-corrected chi connectivity index (χ0v) is 15.9. The fourth-order valence-electron chi connectivity index (χ4n) is 3.98. The van der Waals surface area contributed by atoms with E-state index in [9.17, 15) is 14.4 Å². The van der Waals surface area contributed by atoms with Crippen molar-refractivity contribution >= 4 is 23.2 Å². The van der Waals surface area contributed by atoms with E-state index in [0.29, 0.717) is 23.9 Å². The molecule has 0 aliphatic heterocycles. The Balaban J connectivity index is 1.79. The normalized spacial score (nSPS) is 15.3. The van der Waals surface area contributed by atoms with Crippen LogP contribution in [0.25, 0.3) is 28.6 Å². The van der Waals surface area contributed by atoms with Crippen molar-refractivity contribution in [3.8, 4) is 11.4 Å². The van der Waals surface area contributed by atoms with Gasteiger partial charge in [0, 0.05) is 18.2 Å². The van der Waals surface area contributed by atoms with E-state index in [4.69, 9.17) is 5.11 Å². The van der Waals surface area contributed by atoms with Crippen LogP contribution in [0.3, 0.4) is 0 Å². The van der Waals surface area contributed by atoms with Crippen molar-refractivity contribution in [2.75, 3.05) is 0 Å². The van der Waals surface area contributed by atoms with E-state index in [2.05, 4.69) is 15.0 Å². The number of aliphatic carboxylic acids is 1. The van der Waals surface area contributed by atoms with E-state index in [-0.39, 0.29) is 5.52 Å². The van der Waals surface area contributed by atoms with Crippen molar-refractivity contribution in [3.05, 3.63) is 56.7 Å². The van der Waals surface area contributed by atoms with Gasteiger partial charge in [0.15, 0.2) is 5.52 Å². The molecule has 1 fully saturated rings. The van der Waals surface area contributed by atoms with Gasteiger partial charge in [-0.2, -0.15) is 0 Å². The molecule has 0 amide bonds. The van der Waals surface area contributed by atoms with E-state index in [1.165, 1.54) is 25.3 Å². The van der Waals surface area contributed by atoms with Crippen molar-refractivity contribution in [1.29, 1.82) is 0 Å². The summed E-state index contributed by atoms with van der Waals surface area (Å²) in [4.78, 5) is 44.3. The van der Waals surface area contributed by atoms with E-state index in [1.807, 2.05) is 16.7 Å². The van der Waals surface area contributed by atoms with Gasteiger partial charge in [0.1, 0.15) is 11.5 Å². The fraction of sp³-hybridized carbons (Fsp3) is 0.333. The second-order valence-electron chi connectivity index (χ2n) is 7.45. The molecule has 0 radical (unpaired) electrons. The summed E-state index contributed by atoms with van der Waals surface area (Å²) in [5, 5.41) is 8.77. The maximum absolute atomic E-state index is 12.3. The van der Waals surface area contributed by atoms with Gasteiger partial charge < -0.3 is 9.67 Å². The number of H-pyrrole nitrogens is 2. The second-order valence-corrected chi connectivity index (χ2v) is 7.45. The first-order valence-corrected chi connectivity index (χ1v) is 9.75. The highest BCUT2D eigenvalue weighted by atomic mass is 16.4. The quantitative estimate of drug-likeness (QED) is 0.575. The number of hydrogen-bond donors (Lipinski definition) is 3. The van der Waals surface area contributed by atoms with Crippen LogP contribution in [0.15, 0.2) is 39.9 Å². The Kier molecular flexibility index (Phi) is 5.16. The summed E-state index contributed by atoms with van der Waals surface area (Å²) in [5.74, 6) is 0.0821. The molecule has 1 aromatic carbocycles. The third-order valence-electron chi connectivity index (χ3n) is 5.39. The molecule has 2 aromatic heterocycles. The van der Waals surface area contributed by atoms with Gasteiger partial charge in [0.05, 0.1) is 0 Å². The molecule has 150 valence electrons. The van der Waals surface area contributed by atoms with Gasteiger partial charge in [0.2, 0.25) is 0 Å². The van der Waals surface area contributed by atoms with Gasteiger partial charge in [0.25, 0.3) is 5.56 Å². The zero-order valence-electron chi connectivity index (χ0n) is 15.9. The monoisotopic (exact) mass is 394 g/mol. The fourth-order valence-corrected chi connectivity index (χ4v) is 3.98. The molecule has 8 heteroatoms. The Hall–Kier alpha value is -3.42. The minimum Gasteiger partial charge on any atom is -0.478 e. The molecule has 0 unspecified atom stereocenters. The lowest BCUT2D eigenvalue weighted by Gasteiger charge is -2.23. The Labute approximate surface area is 165 Å². The van der Waals surface area contributed by atoms with Crippen molar-refractivity contribution in [3.63, 3.8) is 0 Å². The van der Waals surface area contributed by atoms with Crippen molar-refractivity contribution < 1.29 is 9.90 Å². The third-order valence-corrected chi connectivity index (χ3v) is 5.39. The first-order valence-electron chi connectivity index (χ1n) is 9.75. The molecule has 1 saturated carbocycles. The second kappa shape index (κ2) is 7.90. The van der Waals surface area contributed by atoms with Crippen LogP contribution in [0.4, 0.5) is 0 Å². The van der Waals surface area contributed by atoms with Gasteiger partial charge in [-0.25, -0.2) is 14.6 Å². The highest BCUT2D eigenvalue weighted by molar-refractivity contribution is 5.85. The summed E-state index contributed by atoms with van der Waals surface area (Å²) in [6, 6.07) is 7.27. The SMILES string of the molecule is O=C(O)/C=C/c1ccc(-c2nc3c(=O)[nH]c(=O)[nH]c3n2CC2CCCCC2)cc1. The molecule has 2 heterocycles. The topological polar surface area (TPSA) is 121 Å². The summed E-state index contributed by atoms with van der Waals surface area (Å²) in [5.41, 5.74) is 1.14. The predicted molar refractivity (Wildman–Crippen MR) is 110 cm³/mol. The minimum absolute atomic E-state index is 0.213. The lowest BCUT2D eigenvalue weighted by atomic mass is 9.89. The molecule has 3 aromatic rings. The number of nitrogens with zero attached hydrogens (tertiary/aromatic N) is 2. The average Bonchev–Trinajstić information content (AvgIpc) is 3.06. The van der Waals surface area contributed by atoms with Crippen molar-refractivity contribution in [2.45, 2.75) is 38.6 Å². The number of fused-ring (bicyclic) bond motifs is 1. The highest BCUT2D eigenvalue weighted by Crippen LogP contribution is 2.29. The Morgan fingerprint density at radius 2 is 1.86 bits per heavy atom. The smallest absolute Gasteiger partial charge is 0.328 e. The molecule has 1 aliphatic carbocycles. The van der Waals surface area contributed by atoms with E-state index in [0.717, 1.165) is 30.0 Å². The molecule has 3 N–H and O–H groups in total. The van der Waals surface area contributed by atoms with Gasteiger partial charge >= 0.3 is 11.7 Å². The molecule has 0 saturated heterocycles. The number of carbonyl (C=O) groups is 1. The Morgan fingerprint density at radius 3 is 2.55 bits per heavy atom.